The Morgan fingerprint density at radius 2 is 1.95 bits per heavy atom. The Morgan fingerprint density at radius 1 is 1.30 bits per heavy atom. The number of hydrogen-bond acceptors (Lipinski definition) is 4. The molecule has 108 valence electrons. The molecule has 0 bridgehead atoms. The molecule has 0 atom stereocenters. The maximum absolute atomic E-state index is 11.8. The molecule has 1 aromatic rings. The highest BCUT2D eigenvalue weighted by Gasteiger charge is 2.16. The van der Waals surface area contributed by atoms with Crippen LogP contribution in [0, 0.1) is 0 Å². The smallest absolute Gasteiger partial charge is 0.323 e. The Kier molecular flexibility index (Phi) is 6.15. The number of carboxylic acid groups (broad SMARTS) is 1. The molecule has 0 saturated carbocycles. The molecule has 0 fully saturated rings. The summed E-state index contributed by atoms with van der Waals surface area (Å²) in [5, 5.41) is 11.2. The largest absolute Gasteiger partial charge is 0.480 e. The summed E-state index contributed by atoms with van der Waals surface area (Å²) in [7, 11) is 0. The number of rotatable bonds is 7. The number of pyridine rings is 1. The fraction of sp³-hybridized carbons (Fsp3) is 0.385. The lowest BCUT2D eigenvalue weighted by molar-refractivity contribution is -0.144. The van der Waals surface area contributed by atoms with Crippen LogP contribution in [-0.4, -0.2) is 52.4 Å². The SMILES string of the molecule is CCCN(CC(=O)O)C(=O)CNC(=O)c1ccncc1. The van der Waals surface area contributed by atoms with Gasteiger partial charge in [0.15, 0.2) is 0 Å². The highest BCUT2D eigenvalue weighted by Crippen LogP contribution is 1.96. The first-order valence-electron chi connectivity index (χ1n) is 6.22. The van der Waals surface area contributed by atoms with Crippen molar-refractivity contribution < 1.29 is 19.5 Å². The number of aliphatic carboxylic acids is 1. The number of carboxylic acids is 1. The van der Waals surface area contributed by atoms with Crippen LogP contribution in [0.4, 0.5) is 0 Å². The van der Waals surface area contributed by atoms with Gasteiger partial charge >= 0.3 is 5.97 Å². The first-order valence-corrected chi connectivity index (χ1v) is 6.22. The lowest BCUT2D eigenvalue weighted by Gasteiger charge is -2.20. The zero-order chi connectivity index (χ0) is 15.0. The standard InChI is InChI=1S/C13H17N3O4/c1-2-7-16(9-12(18)19)11(17)8-15-13(20)10-3-5-14-6-4-10/h3-6H,2,7-9H2,1H3,(H,15,20)(H,18,19). The fourth-order valence-corrected chi connectivity index (χ4v) is 1.60. The van der Waals surface area contributed by atoms with Crippen LogP contribution in [0.3, 0.4) is 0 Å². The molecule has 0 radical (unpaired) electrons. The predicted molar refractivity (Wildman–Crippen MR) is 71.1 cm³/mol. The van der Waals surface area contributed by atoms with Crippen LogP contribution >= 0.6 is 0 Å². The fourth-order valence-electron chi connectivity index (χ4n) is 1.60. The van der Waals surface area contributed by atoms with Gasteiger partial charge in [0.2, 0.25) is 5.91 Å². The van der Waals surface area contributed by atoms with Crippen molar-refractivity contribution in [2.75, 3.05) is 19.6 Å². The van der Waals surface area contributed by atoms with Gasteiger partial charge in [-0.05, 0) is 18.6 Å². The molecule has 1 heterocycles. The van der Waals surface area contributed by atoms with Crippen LogP contribution in [0.2, 0.25) is 0 Å². The minimum Gasteiger partial charge on any atom is -0.480 e. The minimum atomic E-state index is -1.08. The summed E-state index contributed by atoms with van der Waals surface area (Å²) in [4.78, 5) is 39.2. The lowest BCUT2D eigenvalue weighted by atomic mass is 10.2. The summed E-state index contributed by atoms with van der Waals surface area (Å²) < 4.78 is 0. The Balaban J connectivity index is 2.52. The van der Waals surface area contributed by atoms with Crippen molar-refractivity contribution >= 4 is 17.8 Å². The molecule has 2 amide bonds. The number of aromatic nitrogens is 1. The molecular weight excluding hydrogens is 262 g/mol. The van der Waals surface area contributed by atoms with Gasteiger partial charge in [-0.25, -0.2) is 0 Å². The Bertz CT molecular complexity index is 476. The van der Waals surface area contributed by atoms with Gasteiger partial charge in [0, 0.05) is 24.5 Å². The van der Waals surface area contributed by atoms with E-state index < -0.39 is 17.8 Å². The van der Waals surface area contributed by atoms with Crippen LogP contribution in [-0.2, 0) is 9.59 Å². The third-order valence-electron chi connectivity index (χ3n) is 2.52. The summed E-state index contributed by atoms with van der Waals surface area (Å²) in [5.41, 5.74) is 0.396. The molecule has 0 aliphatic rings. The maximum atomic E-state index is 11.8. The molecule has 7 nitrogen and oxygen atoms in total. The quantitative estimate of drug-likeness (QED) is 0.739. The normalized spacial score (nSPS) is 9.85. The Hall–Kier alpha value is -2.44. The molecule has 2 N–H and O–H groups in total. The van der Waals surface area contributed by atoms with Crippen LogP contribution in [0.15, 0.2) is 24.5 Å². The number of nitrogens with one attached hydrogen (secondary N) is 1. The molecule has 20 heavy (non-hydrogen) atoms. The first-order chi connectivity index (χ1) is 9.54. The highest BCUT2D eigenvalue weighted by atomic mass is 16.4. The van der Waals surface area contributed by atoms with E-state index in [9.17, 15) is 14.4 Å². The highest BCUT2D eigenvalue weighted by molar-refractivity contribution is 5.96. The zero-order valence-corrected chi connectivity index (χ0v) is 11.2. The second-order valence-electron chi connectivity index (χ2n) is 4.13. The number of carbonyl (C=O) groups excluding carboxylic acids is 2. The van der Waals surface area contributed by atoms with Gasteiger partial charge in [0.1, 0.15) is 6.54 Å². The van der Waals surface area contributed by atoms with E-state index >= 15 is 0 Å². The van der Waals surface area contributed by atoms with E-state index in [-0.39, 0.29) is 13.1 Å². The predicted octanol–water partition coefficient (Wildman–Crippen LogP) is 0.135. The van der Waals surface area contributed by atoms with E-state index in [0.717, 1.165) is 0 Å². The number of amides is 2. The molecular formula is C13H17N3O4. The third kappa shape index (κ3) is 5.05. The van der Waals surface area contributed by atoms with Crippen molar-refractivity contribution in [1.82, 2.24) is 15.2 Å². The average Bonchev–Trinajstić information content (AvgIpc) is 2.44. The molecule has 0 aliphatic heterocycles. The lowest BCUT2D eigenvalue weighted by Crippen LogP contribution is -2.42. The van der Waals surface area contributed by atoms with Crippen molar-refractivity contribution in [3.05, 3.63) is 30.1 Å². The van der Waals surface area contributed by atoms with Crippen molar-refractivity contribution in [2.24, 2.45) is 0 Å². The van der Waals surface area contributed by atoms with Crippen LogP contribution < -0.4 is 5.32 Å². The van der Waals surface area contributed by atoms with E-state index in [0.29, 0.717) is 18.5 Å². The van der Waals surface area contributed by atoms with Crippen molar-refractivity contribution in [1.29, 1.82) is 0 Å². The van der Waals surface area contributed by atoms with Crippen molar-refractivity contribution in [3.8, 4) is 0 Å². The number of nitrogens with zero attached hydrogens (tertiary/aromatic N) is 2. The Labute approximate surface area is 116 Å². The topological polar surface area (TPSA) is 99.6 Å². The third-order valence-corrected chi connectivity index (χ3v) is 2.52. The summed E-state index contributed by atoms with van der Waals surface area (Å²) >= 11 is 0. The molecule has 1 rings (SSSR count). The van der Waals surface area contributed by atoms with Gasteiger partial charge in [-0.3, -0.25) is 19.4 Å². The number of carbonyl (C=O) groups is 3. The van der Waals surface area contributed by atoms with E-state index in [1.807, 2.05) is 6.92 Å². The molecule has 0 spiro atoms. The van der Waals surface area contributed by atoms with Gasteiger partial charge in [-0.15, -0.1) is 0 Å². The van der Waals surface area contributed by atoms with E-state index in [1.54, 1.807) is 0 Å². The minimum absolute atomic E-state index is 0.228. The van der Waals surface area contributed by atoms with E-state index in [2.05, 4.69) is 10.3 Å². The van der Waals surface area contributed by atoms with Gasteiger partial charge < -0.3 is 15.3 Å². The second kappa shape index (κ2) is 7.88. The van der Waals surface area contributed by atoms with Gasteiger partial charge in [-0.1, -0.05) is 6.92 Å². The molecule has 0 unspecified atom stereocenters. The van der Waals surface area contributed by atoms with Crippen LogP contribution in [0.1, 0.15) is 23.7 Å². The summed E-state index contributed by atoms with van der Waals surface area (Å²) in [6.45, 7) is 1.60. The monoisotopic (exact) mass is 279 g/mol. The van der Waals surface area contributed by atoms with Gasteiger partial charge in [0.25, 0.3) is 5.91 Å². The van der Waals surface area contributed by atoms with Gasteiger partial charge in [0.05, 0.1) is 6.54 Å². The summed E-state index contributed by atoms with van der Waals surface area (Å²) in [5.74, 6) is -1.89. The van der Waals surface area contributed by atoms with Crippen molar-refractivity contribution in [3.63, 3.8) is 0 Å². The van der Waals surface area contributed by atoms with Crippen LogP contribution in [0.5, 0.6) is 0 Å². The summed E-state index contributed by atoms with van der Waals surface area (Å²) in [6, 6.07) is 3.06. The molecule has 1 aromatic heterocycles. The van der Waals surface area contributed by atoms with Crippen molar-refractivity contribution in [2.45, 2.75) is 13.3 Å². The number of hydrogen-bond donors (Lipinski definition) is 2. The zero-order valence-electron chi connectivity index (χ0n) is 11.2. The van der Waals surface area contributed by atoms with E-state index in [1.165, 1.54) is 29.4 Å². The molecule has 0 aliphatic carbocycles. The molecule has 0 aromatic carbocycles. The Morgan fingerprint density at radius 3 is 2.50 bits per heavy atom. The molecule has 7 heteroatoms. The summed E-state index contributed by atoms with van der Waals surface area (Å²) in [6.07, 6.45) is 3.60. The van der Waals surface area contributed by atoms with E-state index in [4.69, 9.17) is 5.11 Å². The van der Waals surface area contributed by atoms with Gasteiger partial charge in [-0.2, -0.15) is 0 Å². The average molecular weight is 279 g/mol. The first kappa shape index (κ1) is 15.6. The second-order valence-corrected chi connectivity index (χ2v) is 4.13. The maximum Gasteiger partial charge on any atom is 0.323 e. The molecule has 0 saturated heterocycles. The van der Waals surface area contributed by atoms with Crippen LogP contribution in [0.25, 0.3) is 0 Å².